The van der Waals surface area contributed by atoms with E-state index in [0.717, 1.165) is 35.3 Å². The summed E-state index contributed by atoms with van der Waals surface area (Å²) < 4.78 is 5.53. The van der Waals surface area contributed by atoms with Gasteiger partial charge < -0.3 is 10.5 Å². The van der Waals surface area contributed by atoms with Crippen LogP contribution < -0.4 is 5.73 Å². The zero-order valence-electron chi connectivity index (χ0n) is 9.47. The van der Waals surface area contributed by atoms with Gasteiger partial charge in [-0.15, -0.1) is 0 Å². The van der Waals surface area contributed by atoms with Gasteiger partial charge in [0.05, 0.1) is 18.2 Å². The Morgan fingerprint density at radius 1 is 1.24 bits per heavy atom. The topological polar surface area (TPSA) is 48.1 Å². The highest BCUT2D eigenvalue weighted by Gasteiger charge is 2.18. The second kappa shape index (κ2) is 4.18. The molecule has 0 radical (unpaired) electrons. The lowest BCUT2D eigenvalue weighted by Gasteiger charge is -2.15. The monoisotopic (exact) mass is 226 g/mol. The zero-order chi connectivity index (χ0) is 11.7. The van der Waals surface area contributed by atoms with Gasteiger partial charge in [-0.05, 0) is 23.8 Å². The summed E-state index contributed by atoms with van der Waals surface area (Å²) in [5.41, 5.74) is 8.29. The van der Waals surface area contributed by atoms with Crippen molar-refractivity contribution < 1.29 is 4.74 Å². The molecule has 17 heavy (non-hydrogen) atoms. The molecule has 3 heteroatoms. The van der Waals surface area contributed by atoms with E-state index in [2.05, 4.69) is 11.1 Å². The van der Waals surface area contributed by atoms with Crippen molar-refractivity contribution in [3.8, 4) is 0 Å². The van der Waals surface area contributed by atoms with Crippen molar-refractivity contribution in [1.82, 2.24) is 4.98 Å². The summed E-state index contributed by atoms with van der Waals surface area (Å²) in [6.07, 6.45) is 4.81. The molecule has 0 fully saturated rings. The predicted octanol–water partition coefficient (Wildman–Crippen LogP) is 2.54. The van der Waals surface area contributed by atoms with Gasteiger partial charge in [0.1, 0.15) is 5.76 Å². The van der Waals surface area contributed by atoms with Gasteiger partial charge in [0.2, 0.25) is 0 Å². The molecular weight excluding hydrogens is 212 g/mol. The lowest BCUT2D eigenvalue weighted by atomic mass is 10.0. The molecule has 1 aliphatic heterocycles. The molecule has 3 rings (SSSR count). The van der Waals surface area contributed by atoms with E-state index in [1.165, 1.54) is 0 Å². The predicted molar refractivity (Wildman–Crippen MR) is 67.3 cm³/mol. The largest absolute Gasteiger partial charge is 0.496 e. The van der Waals surface area contributed by atoms with E-state index in [1.54, 1.807) is 6.20 Å². The van der Waals surface area contributed by atoms with Crippen molar-refractivity contribution in [2.75, 3.05) is 6.61 Å². The Kier molecular flexibility index (Phi) is 2.53. The van der Waals surface area contributed by atoms with Crippen LogP contribution in [0.2, 0.25) is 0 Å². The number of nitrogens with zero attached hydrogens (tertiary/aromatic N) is 1. The van der Waals surface area contributed by atoms with Gasteiger partial charge in [0.15, 0.2) is 0 Å². The Hall–Kier alpha value is -1.87. The number of hydrogen-bond donors (Lipinski definition) is 1. The van der Waals surface area contributed by atoms with E-state index < -0.39 is 0 Å². The maximum atomic E-state index is 6.25. The molecule has 86 valence electrons. The minimum atomic E-state index is -0.189. The minimum Gasteiger partial charge on any atom is -0.496 e. The van der Waals surface area contributed by atoms with E-state index in [-0.39, 0.29) is 6.04 Å². The van der Waals surface area contributed by atoms with Gasteiger partial charge in [-0.3, -0.25) is 4.98 Å². The summed E-state index contributed by atoms with van der Waals surface area (Å²) >= 11 is 0. The molecule has 3 nitrogen and oxygen atoms in total. The lowest BCUT2D eigenvalue weighted by molar-refractivity contribution is 0.225. The Bertz CT molecular complexity index is 572. The van der Waals surface area contributed by atoms with Gasteiger partial charge in [-0.25, -0.2) is 0 Å². The highest BCUT2D eigenvalue weighted by Crippen LogP contribution is 2.28. The Balaban J connectivity index is 2.10. The molecule has 2 N–H and O–H groups in total. The van der Waals surface area contributed by atoms with E-state index in [9.17, 15) is 0 Å². The molecule has 1 aliphatic rings. The minimum absolute atomic E-state index is 0.189. The molecule has 0 bridgehead atoms. The second-order valence-electron chi connectivity index (χ2n) is 4.14. The van der Waals surface area contributed by atoms with Crippen LogP contribution in [-0.4, -0.2) is 11.6 Å². The quantitative estimate of drug-likeness (QED) is 0.856. The van der Waals surface area contributed by atoms with Gasteiger partial charge >= 0.3 is 0 Å². The van der Waals surface area contributed by atoms with Crippen LogP contribution >= 0.6 is 0 Å². The standard InChI is InChI=1S/C14H14N2O/c15-14(13-7-3-9-17-13)11-4-1-6-12-10(11)5-2-8-16-12/h1-2,4-8,14H,3,9,15H2. The summed E-state index contributed by atoms with van der Waals surface area (Å²) in [5.74, 6) is 0.876. The molecule has 0 saturated heterocycles. The van der Waals surface area contributed by atoms with Crippen molar-refractivity contribution in [2.24, 2.45) is 5.73 Å². The van der Waals surface area contributed by atoms with Crippen molar-refractivity contribution in [3.63, 3.8) is 0 Å². The van der Waals surface area contributed by atoms with E-state index in [1.807, 2.05) is 30.3 Å². The molecule has 0 spiro atoms. The number of hydrogen-bond acceptors (Lipinski definition) is 3. The number of aromatic nitrogens is 1. The van der Waals surface area contributed by atoms with E-state index >= 15 is 0 Å². The summed E-state index contributed by atoms with van der Waals surface area (Å²) in [4.78, 5) is 4.34. The summed E-state index contributed by atoms with van der Waals surface area (Å²) in [5, 5.41) is 1.10. The number of fused-ring (bicyclic) bond motifs is 1. The molecular formula is C14H14N2O. The van der Waals surface area contributed by atoms with Gasteiger partial charge in [-0.2, -0.15) is 0 Å². The fourth-order valence-electron chi connectivity index (χ4n) is 2.21. The highest BCUT2D eigenvalue weighted by molar-refractivity contribution is 5.82. The third-order valence-corrected chi connectivity index (χ3v) is 3.05. The molecule has 1 atom stereocenters. The fourth-order valence-corrected chi connectivity index (χ4v) is 2.21. The van der Waals surface area contributed by atoms with Crippen molar-refractivity contribution in [2.45, 2.75) is 12.5 Å². The first-order valence-corrected chi connectivity index (χ1v) is 5.78. The van der Waals surface area contributed by atoms with Crippen LogP contribution in [-0.2, 0) is 4.74 Å². The Morgan fingerprint density at radius 3 is 3.00 bits per heavy atom. The van der Waals surface area contributed by atoms with Crippen molar-refractivity contribution in [1.29, 1.82) is 0 Å². The third-order valence-electron chi connectivity index (χ3n) is 3.05. The molecule has 2 aromatic rings. The van der Waals surface area contributed by atoms with Crippen LogP contribution in [0.1, 0.15) is 18.0 Å². The average Bonchev–Trinajstić information content (AvgIpc) is 2.91. The molecule has 0 saturated carbocycles. The second-order valence-corrected chi connectivity index (χ2v) is 4.14. The first-order chi connectivity index (χ1) is 8.36. The van der Waals surface area contributed by atoms with Crippen LogP contribution in [0.4, 0.5) is 0 Å². The van der Waals surface area contributed by atoms with Gasteiger partial charge in [-0.1, -0.05) is 18.2 Å². The average molecular weight is 226 g/mol. The van der Waals surface area contributed by atoms with Gasteiger partial charge in [0.25, 0.3) is 0 Å². The normalized spacial score (nSPS) is 16.6. The van der Waals surface area contributed by atoms with E-state index in [4.69, 9.17) is 10.5 Å². The molecule has 0 amide bonds. The first kappa shape index (κ1) is 10.3. The smallest absolute Gasteiger partial charge is 0.113 e. The van der Waals surface area contributed by atoms with E-state index in [0.29, 0.717) is 0 Å². The number of rotatable bonds is 2. The van der Waals surface area contributed by atoms with Crippen molar-refractivity contribution >= 4 is 10.9 Å². The van der Waals surface area contributed by atoms with Crippen LogP contribution in [0.5, 0.6) is 0 Å². The fraction of sp³-hybridized carbons (Fsp3) is 0.214. The summed E-state index contributed by atoms with van der Waals surface area (Å²) in [6, 6.07) is 9.81. The Labute approximate surface area is 99.9 Å². The van der Waals surface area contributed by atoms with Gasteiger partial charge in [0, 0.05) is 18.0 Å². The molecule has 2 heterocycles. The van der Waals surface area contributed by atoms with Crippen LogP contribution in [0, 0.1) is 0 Å². The number of nitrogens with two attached hydrogens (primary N) is 1. The molecule has 1 aromatic heterocycles. The SMILES string of the molecule is NC(C1=CCCO1)c1cccc2ncccc12. The summed E-state index contributed by atoms with van der Waals surface area (Å²) in [7, 11) is 0. The Morgan fingerprint density at radius 2 is 2.18 bits per heavy atom. The van der Waals surface area contributed by atoms with Crippen LogP contribution in [0.3, 0.4) is 0 Å². The molecule has 0 aliphatic carbocycles. The third kappa shape index (κ3) is 1.78. The molecule has 1 aromatic carbocycles. The highest BCUT2D eigenvalue weighted by atomic mass is 16.5. The lowest BCUT2D eigenvalue weighted by Crippen LogP contribution is -2.14. The number of benzene rings is 1. The maximum Gasteiger partial charge on any atom is 0.113 e. The zero-order valence-corrected chi connectivity index (χ0v) is 9.47. The number of pyridine rings is 1. The van der Waals surface area contributed by atoms with Crippen LogP contribution in [0.15, 0.2) is 48.4 Å². The molecule has 1 unspecified atom stereocenters. The van der Waals surface area contributed by atoms with Crippen molar-refractivity contribution in [3.05, 3.63) is 53.9 Å². The first-order valence-electron chi connectivity index (χ1n) is 5.78. The summed E-state index contributed by atoms with van der Waals surface area (Å²) in [6.45, 7) is 0.742. The maximum absolute atomic E-state index is 6.25. The number of ether oxygens (including phenoxy) is 1. The van der Waals surface area contributed by atoms with Crippen LogP contribution in [0.25, 0.3) is 10.9 Å².